The standard InChI is InChI=1S/C15H31NO3SSi2/c1-12(11-20)14(18-21(2,3)4)16-10-8-9-13(16)15(17)19-22(5,6)7/h13,20H,8-11H2,1-7H3/b14-12+. The monoisotopic (exact) mass is 361 g/mol. The third-order valence-electron chi connectivity index (χ3n) is 3.20. The number of hydrogen-bond acceptors (Lipinski definition) is 5. The van der Waals surface area contributed by atoms with E-state index in [1.807, 2.05) is 26.6 Å². The fourth-order valence-corrected chi connectivity index (χ4v) is 4.12. The van der Waals surface area contributed by atoms with E-state index >= 15 is 0 Å². The Kier molecular flexibility index (Phi) is 6.64. The Morgan fingerprint density at radius 2 is 1.68 bits per heavy atom. The molecule has 1 aliphatic heterocycles. The summed E-state index contributed by atoms with van der Waals surface area (Å²) in [6.07, 6.45) is 1.82. The Balaban J connectivity index is 3.01. The van der Waals surface area contributed by atoms with E-state index in [0.717, 1.165) is 30.8 Å². The zero-order valence-corrected chi connectivity index (χ0v) is 17.9. The highest BCUT2D eigenvalue weighted by Gasteiger charge is 2.37. The number of thiol groups is 1. The first-order chi connectivity index (χ1) is 9.94. The molecule has 128 valence electrons. The summed E-state index contributed by atoms with van der Waals surface area (Å²) in [7, 11) is -3.63. The van der Waals surface area contributed by atoms with Crippen LogP contribution >= 0.6 is 12.6 Å². The molecule has 1 heterocycles. The summed E-state index contributed by atoms with van der Waals surface area (Å²) in [5.41, 5.74) is 1.08. The van der Waals surface area contributed by atoms with Crippen molar-refractivity contribution < 1.29 is 13.6 Å². The van der Waals surface area contributed by atoms with Crippen LogP contribution in [0.4, 0.5) is 0 Å². The molecule has 0 N–H and O–H groups in total. The molecular weight excluding hydrogens is 330 g/mol. The normalized spacial score (nSPS) is 20.7. The summed E-state index contributed by atoms with van der Waals surface area (Å²) >= 11 is 4.39. The quantitative estimate of drug-likeness (QED) is 0.443. The minimum Gasteiger partial charge on any atom is -0.533 e. The van der Waals surface area contributed by atoms with Gasteiger partial charge in [-0.25, -0.2) is 0 Å². The summed E-state index contributed by atoms with van der Waals surface area (Å²) in [5.74, 6) is 1.39. The molecule has 0 aromatic rings. The van der Waals surface area contributed by atoms with Gasteiger partial charge in [-0.1, -0.05) is 0 Å². The predicted octanol–water partition coefficient (Wildman–Crippen LogP) is 3.84. The first-order valence-electron chi connectivity index (χ1n) is 7.94. The summed E-state index contributed by atoms with van der Waals surface area (Å²) in [6.45, 7) is 15.5. The number of carbonyl (C=O) groups excluding carboxylic acids is 1. The van der Waals surface area contributed by atoms with E-state index in [-0.39, 0.29) is 12.0 Å². The SMILES string of the molecule is C/C(CS)=C(\O[Si](C)(C)C)N1CCCC1C(=O)O[Si](C)(C)C. The lowest BCUT2D eigenvalue weighted by Crippen LogP contribution is -2.44. The Hall–Kier alpha value is -0.406. The number of likely N-dealkylation sites (tertiary alicyclic amines) is 1. The van der Waals surface area contributed by atoms with Gasteiger partial charge in [-0.05, 0) is 64.6 Å². The number of hydrogen-bond donors (Lipinski definition) is 1. The summed E-state index contributed by atoms with van der Waals surface area (Å²) < 4.78 is 12.0. The summed E-state index contributed by atoms with van der Waals surface area (Å²) in [5, 5.41) is 0. The van der Waals surface area contributed by atoms with E-state index in [4.69, 9.17) is 8.85 Å². The molecular formula is C15H31NO3SSi2. The second-order valence-electron chi connectivity index (χ2n) is 7.84. The number of carbonyl (C=O) groups is 1. The minimum atomic E-state index is -1.87. The highest BCUT2D eigenvalue weighted by atomic mass is 32.1. The van der Waals surface area contributed by atoms with Crippen LogP contribution < -0.4 is 0 Å². The average Bonchev–Trinajstić information content (AvgIpc) is 2.80. The Labute approximate surface area is 142 Å². The largest absolute Gasteiger partial charge is 0.533 e. The van der Waals surface area contributed by atoms with Crippen LogP contribution in [0.2, 0.25) is 39.3 Å². The molecule has 0 amide bonds. The highest BCUT2D eigenvalue weighted by molar-refractivity contribution is 7.80. The van der Waals surface area contributed by atoms with Crippen LogP contribution in [0.5, 0.6) is 0 Å². The van der Waals surface area contributed by atoms with Crippen molar-refractivity contribution in [3.05, 3.63) is 11.5 Å². The third-order valence-corrected chi connectivity index (χ3v) is 5.29. The molecule has 22 heavy (non-hydrogen) atoms. The van der Waals surface area contributed by atoms with Gasteiger partial charge in [0.05, 0.1) is 0 Å². The van der Waals surface area contributed by atoms with Gasteiger partial charge in [0.25, 0.3) is 0 Å². The van der Waals surface area contributed by atoms with E-state index < -0.39 is 16.6 Å². The maximum Gasteiger partial charge on any atom is 0.315 e. The van der Waals surface area contributed by atoms with Gasteiger partial charge in [-0.3, -0.25) is 4.79 Å². The van der Waals surface area contributed by atoms with Gasteiger partial charge >= 0.3 is 5.97 Å². The molecule has 7 heteroatoms. The lowest BCUT2D eigenvalue weighted by molar-refractivity contribution is -0.140. The fraction of sp³-hybridized carbons (Fsp3) is 0.800. The van der Waals surface area contributed by atoms with Gasteiger partial charge in [0.15, 0.2) is 5.88 Å². The third kappa shape index (κ3) is 6.00. The molecule has 0 spiro atoms. The van der Waals surface area contributed by atoms with Crippen molar-refractivity contribution in [2.24, 2.45) is 0 Å². The lowest BCUT2D eigenvalue weighted by atomic mass is 10.2. The maximum atomic E-state index is 12.5. The van der Waals surface area contributed by atoms with E-state index in [1.165, 1.54) is 0 Å². The van der Waals surface area contributed by atoms with Crippen molar-refractivity contribution in [2.75, 3.05) is 12.3 Å². The Bertz CT molecular complexity index is 441. The van der Waals surface area contributed by atoms with E-state index in [2.05, 4.69) is 37.2 Å². The van der Waals surface area contributed by atoms with Crippen molar-refractivity contribution >= 4 is 35.2 Å². The van der Waals surface area contributed by atoms with Gasteiger partial charge in [-0.2, -0.15) is 12.6 Å². The molecule has 4 nitrogen and oxygen atoms in total. The molecule has 0 aromatic carbocycles. The average molecular weight is 362 g/mol. The van der Waals surface area contributed by atoms with Gasteiger partial charge in [0.2, 0.25) is 16.6 Å². The Morgan fingerprint density at radius 1 is 1.14 bits per heavy atom. The number of rotatable bonds is 6. The summed E-state index contributed by atoms with van der Waals surface area (Å²) in [4.78, 5) is 14.6. The molecule has 1 fully saturated rings. The molecule has 0 aromatic heterocycles. The van der Waals surface area contributed by atoms with Crippen LogP contribution in [0.25, 0.3) is 0 Å². The summed E-state index contributed by atoms with van der Waals surface area (Å²) in [6, 6.07) is -0.215. The zero-order valence-electron chi connectivity index (χ0n) is 15.0. The van der Waals surface area contributed by atoms with Crippen LogP contribution in [-0.2, 0) is 13.6 Å². The minimum absolute atomic E-state index is 0.0969. The maximum absolute atomic E-state index is 12.5. The van der Waals surface area contributed by atoms with Crippen molar-refractivity contribution in [1.82, 2.24) is 4.90 Å². The number of nitrogens with zero attached hydrogens (tertiary/aromatic N) is 1. The molecule has 1 atom stereocenters. The van der Waals surface area contributed by atoms with Gasteiger partial charge < -0.3 is 13.8 Å². The fourth-order valence-electron chi connectivity index (χ4n) is 2.37. The van der Waals surface area contributed by atoms with Crippen LogP contribution in [0, 0.1) is 0 Å². The van der Waals surface area contributed by atoms with E-state index in [1.54, 1.807) is 0 Å². The zero-order chi connectivity index (χ0) is 17.1. The molecule has 0 saturated carbocycles. The molecule has 1 saturated heterocycles. The van der Waals surface area contributed by atoms with Crippen LogP contribution in [0.15, 0.2) is 11.5 Å². The van der Waals surface area contributed by atoms with Crippen molar-refractivity contribution in [3.8, 4) is 0 Å². The molecule has 1 unspecified atom stereocenters. The molecule has 0 radical (unpaired) electrons. The van der Waals surface area contributed by atoms with E-state index in [9.17, 15) is 4.79 Å². The topological polar surface area (TPSA) is 38.8 Å². The van der Waals surface area contributed by atoms with Crippen molar-refractivity contribution in [3.63, 3.8) is 0 Å². The van der Waals surface area contributed by atoms with Crippen LogP contribution in [-0.4, -0.2) is 45.8 Å². The van der Waals surface area contributed by atoms with Crippen LogP contribution in [0.3, 0.4) is 0 Å². The van der Waals surface area contributed by atoms with E-state index in [0.29, 0.717) is 5.75 Å². The first-order valence-corrected chi connectivity index (χ1v) is 15.4. The van der Waals surface area contributed by atoms with Crippen molar-refractivity contribution in [1.29, 1.82) is 0 Å². The lowest BCUT2D eigenvalue weighted by Gasteiger charge is -2.34. The second-order valence-corrected chi connectivity index (χ2v) is 17.0. The molecule has 1 aliphatic rings. The van der Waals surface area contributed by atoms with Crippen molar-refractivity contribution in [2.45, 2.75) is 65.1 Å². The molecule has 1 rings (SSSR count). The molecule has 0 aliphatic carbocycles. The van der Waals surface area contributed by atoms with Gasteiger partial charge in [0.1, 0.15) is 6.04 Å². The smallest absolute Gasteiger partial charge is 0.315 e. The first kappa shape index (κ1) is 19.6. The predicted molar refractivity (Wildman–Crippen MR) is 100 cm³/mol. The highest BCUT2D eigenvalue weighted by Crippen LogP contribution is 2.29. The molecule has 0 bridgehead atoms. The Morgan fingerprint density at radius 3 is 2.14 bits per heavy atom. The van der Waals surface area contributed by atoms with Gasteiger partial charge in [-0.15, -0.1) is 0 Å². The van der Waals surface area contributed by atoms with Gasteiger partial charge in [0, 0.05) is 12.3 Å². The van der Waals surface area contributed by atoms with Crippen LogP contribution in [0.1, 0.15) is 19.8 Å². The second kappa shape index (κ2) is 7.44.